The van der Waals surface area contributed by atoms with Crippen LogP contribution in [0, 0.1) is 0 Å². The van der Waals surface area contributed by atoms with Crippen molar-refractivity contribution in [2.45, 2.75) is 32.2 Å². The van der Waals surface area contributed by atoms with Gasteiger partial charge in [-0.1, -0.05) is 72.8 Å². The van der Waals surface area contributed by atoms with E-state index in [0.717, 1.165) is 33.6 Å². The van der Waals surface area contributed by atoms with Crippen LogP contribution in [0.2, 0.25) is 0 Å². The van der Waals surface area contributed by atoms with Gasteiger partial charge in [0.25, 0.3) is 0 Å². The van der Waals surface area contributed by atoms with Crippen molar-refractivity contribution < 1.29 is 19.3 Å². The Kier molecular flexibility index (Phi) is 7.05. The second-order valence-corrected chi connectivity index (χ2v) is 8.35. The maximum Gasteiger partial charge on any atom is 0.163 e. The van der Waals surface area contributed by atoms with Crippen molar-refractivity contribution in [1.29, 1.82) is 0 Å². The average molecular weight is 431 g/mol. The summed E-state index contributed by atoms with van der Waals surface area (Å²) < 4.78 is 17.4. The first-order valence-electron chi connectivity index (χ1n) is 11.1. The van der Waals surface area contributed by atoms with Gasteiger partial charge in [0.05, 0.1) is 6.61 Å². The second kappa shape index (κ2) is 10.1. The van der Waals surface area contributed by atoms with Crippen LogP contribution in [-0.2, 0) is 9.47 Å². The van der Waals surface area contributed by atoms with Crippen LogP contribution < -0.4 is 4.74 Å². The minimum Gasteiger partial charge on any atom is -0.491 e. The maximum absolute atomic E-state index is 9.82. The van der Waals surface area contributed by atoms with Gasteiger partial charge in [0.1, 0.15) is 18.5 Å². The lowest BCUT2D eigenvalue weighted by Crippen LogP contribution is -2.25. The van der Waals surface area contributed by atoms with Crippen LogP contribution >= 0.6 is 0 Å². The van der Waals surface area contributed by atoms with Gasteiger partial charge >= 0.3 is 0 Å². The summed E-state index contributed by atoms with van der Waals surface area (Å²) in [5.41, 5.74) is 5.55. The molecule has 1 atom stereocenters. The standard InChI is InChI=1S/C28H30O4/c1-28(2)31-20-25(32-28)19-30-24-15-13-23(14-16-24)27(22-11-7-4-8-12-22)26(17-18-29)21-9-5-3-6-10-21/h3-16,25,29H,17-20H2,1-2H3/b27-26-. The van der Waals surface area contributed by atoms with Crippen molar-refractivity contribution in [3.8, 4) is 5.75 Å². The zero-order valence-electron chi connectivity index (χ0n) is 18.7. The monoisotopic (exact) mass is 430 g/mol. The Hall–Kier alpha value is -2.92. The summed E-state index contributed by atoms with van der Waals surface area (Å²) in [7, 11) is 0. The second-order valence-electron chi connectivity index (χ2n) is 8.35. The van der Waals surface area contributed by atoms with E-state index in [0.29, 0.717) is 19.6 Å². The fraction of sp³-hybridized carbons (Fsp3) is 0.286. The summed E-state index contributed by atoms with van der Waals surface area (Å²) in [5.74, 6) is 0.242. The Balaban J connectivity index is 1.63. The molecule has 1 unspecified atom stereocenters. The van der Waals surface area contributed by atoms with E-state index in [1.54, 1.807) is 0 Å². The highest BCUT2D eigenvalue weighted by Gasteiger charge is 2.32. The zero-order chi connectivity index (χ0) is 22.4. The highest BCUT2D eigenvalue weighted by molar-refractivity contribution is 5.98. The molecule has 3 aromatic rings. The van der Waals surface area contributed by atoms with E-state index in [4.69, 9.17) is 14.2 Å². The van der Waals surface area contributed by atoms with Crippen molar-refractivity contribution in [3.63, 3.8) is 0 Å². The molecule has 32 heavy (non-hydrogen) atoms. The number of benzene rings is 3. The van der Waals surface area contributed by atoms with Crippen molar-refractivity contribution in [2.24, 2.45) is 0 Å². The molecule has 4 rings (SSSR count). The van der Waals surface area contributed by atoms with Gasteiger partial charge < -0.3 is 19.3 Å². The Morgan fingerprint density at radius 3 is 2.03 bits per heavy atom. The van der Waals surface area contributed by atoms with Gasteiger partial charge in [0.2, 0.25) is 0 Å². The minimum atomic E-state index is -0.548. The molecule has 1 N–H and O–H groups in total. The Bertz CT molecular complexity index is 1020. The molecule has 1 aliphatic heterocycles. The number of aliphatic hydroxyl groups excluding tert-OH is 1. The van der Waals surface area contributed by atoms with Crippen LogP contribution in [0.4, 0.5) is 0 Å². The quantitative estimate of drug-likeness (QED) is 0.476. The van der Waals surface area contributed by atoms with Gasteiger partial charge in [-0.25, -0.2) is 0 Å². The lowest BCUT2D eigenvalue weighted by Gasteiger charge is -2.18. The smallest absolute Gasteiger partial charge is 0.163 e. The molecule has 166 valence electrons. The number of rotatable bonds is 8. The lowest BCUT2D eigenvalue weighted by molar-refractivity contribution is -0.141. The van der Waals surface area contributed by atoms with Gasteiger partial charge in [0, 0.05) is 6.61 Å². The predicted octanol–water partition coefficient (Wildman–Crippen LogP) is 5.56. The zero-order valence-corrected chi connectivity index (χ0v) is 18.7. The first kappa shape index (κ1) is 22.3. The summed E-state index contributed by atoms with van der Waals surface area (Å²) in [6, 6.07) is 28.7. The molecule has 0 bridgehead atoms. The molecule has 0 spiro atoms. The van der Waals surface area contributed by atoms with E-state index in [1.807, 2.05) is 62.4 Å². The van der Waals surface area contributed by atoms with Crippen molar-refractivity contribution >= 4 is 11.1 Å². The third kappa shape index (κ3) is 5.46. The summed E-state index contributed by atoms with van der Waals surface area (Å²) in [6.45, 7) is 4.89. The van der Waals surface area contributed by atoms with E-state index in [9.17, 15) is 5.11 Å². The van der Waals surface area contributed by atoms with Crippen molar-refractivity contribution in [2.75, 3.05) is 19.8 Å². The van der Waals surface area contributed by atoms with Crippen LogP contribution in [0.5, 0.6) is 5.75 Å². The number of hydrogen-bond acceptors (Lipinski definition) is 4. The molecule has 4 nitrogen and oxygen atoms in total. The van der Waals surface area contributed by atoms with Gasteiger partial charge in [-0.2, -0.15) is 0 Å². The van der Waals surface area contributed by atoms with E-state index in [-0.39, 0.29) is 12.7 Å². The molecule has 4 heteroatoms. The molecule has 1 saturated heterocycles. The van der Waals surface area contributed by atoms with Crippen LogP contribution in [0.25, 0.3) is 11.1 Å². The first-order chi connectivity index (χ1) is 15.6. The molecule has 1 heterocycles. The van der Waals surface area contributed by atoms with Crippen LogP contribution in [0.1, 0.15) is 37.0 Å². The van der Waals surface area contributed by atoms with E-state index in [2.05, 4.69) is 36.4 Å². The SMILES string of the molecule is CC1(C)OCC(COc2ccc(/C(=C(/CCO)c3ccccc3)c3ccccc3)cc2)O1. The molecule has 0 amide bonds. The van der Waals surface area contributed by atoms with Gasteiger partial charge in [-0.3, -0.25) is 0 Å². The number of ether oxygens (including phenoxy) is 3. The molecule has 0 radical (unpaired) electrons. The van der Waals surface area contributed by atoms with Gasteiger partial charge in [-0.05, 0) is 60.2 Å². The van der Waals surface area contributed by atoms with Gasteiger partial charge in [-0.15, -0.1) is 0 Å². The molecule has 0 aliphatic carbocycles. The summed E-state index contributed by atoms with van der Waals surface area (Å²) in [6.07, 6.45) is 0.500. The third-order valence-corrected chi connectivity index (χ3v) is 5.49. The Labute approximate surface area is 190 Å². The lowest BCUT2D eigenvalue weighted by atomic mass is 9.88. The number of aliphatic hydroxyl groups is 1. The predicted molar refractivity (Wildman–Crippen MR) is 127 cm³/mol. The largest absolute Gasteiger partial charge is 0.491 e. The molecule has 1 fully saturated rings. The van der Waals surface area contributed by atoms with Gasteiger partial charge in [0.15, 0.2) is 5.79 Å². The highest BCUT2D eigenvalue weighted by atomic mass is 16.7. The molecular weight excluding hydrogens is 400 g/mol. The topological polar surface area (TPSA) is 47.9 Å². The average Bonchev–Trinajstić information content (AvgIpc) is 3.18. The van der Waals surface area contributed by atoms with E-state index < -0.39 is 5.79 Å². The molecule has 0 saturated carbocycles. The molecule has 1 aliphatic rings. The van der Waals surface area contributed by atoms with Crippen molar-refractivity contribution in [3.05, 3.63) is 102 Å². The Morgan fingerprint density at radius 1 is 0.875 bits per heavy atom. The van der Waals surface area contributed by atoms with E-state index >= 15 is 0 Å². The summed E-state index contributed by atoms with van der Waals surface area (Å²) in [5, 5.41) is 9.82. The summed E-state index contributed by atoms with van der Waals surface area (Å²) in [4.78, 5) is 0. The van der Waals surface area contributed by atoms with Crippen molar-refractivity contribution in [1.82, 2.24) is 0 Å². The minimum absolute atomic E-state index is 0.0707. The normalized spacial score (nSPS) is 18.3. The Morgan fingerprint density at radius 2 is 1.47 bits per heavy atom. The van der Waals surface area contributed by atoms with Crippen LogP contribution in [0.3, 0.4) is 0 Å². The highest BCUT2D eigenvalue weighted by Crippen LogP contribution is 2.35. The maximum atomic E-state index is 9.82. The van der Waals surface area contributed by atoms with E-state index in [1.165, 1.54) is 0 Å². The van der Waals surface area contributed by atoms with Crippen LogP contribution in [0.15, 0.2) is 84.9 Å². The fourth-order valence-electron chi connectivity index (χ4n) is 4.04. The molecular formula is C28H30O4. The summed E-state index contributed by atoms with van der Waals surface area (Å²) >= 11 is 0. The molecule has 3 aromatic carbocycles. The first-order valence-corrected chi connectivity index (χ1v) is 11.1. The number of hydrogen-bond donors (Lipinski definition) is 1. The fourth-order valence-corrected chi connectivity index (χ4v) is 4.04. The van der Waals surface area contributed by atoms with Crippen LogP contribution in [-0.4, -0.2) is 36.8 Å². The third-order valence-electron chi connectivity index (χ3n) is 5.49. The molecule has 0 aromatic heterocycles.